The van der Waals surface area contributed by atoms with E-state index in [0.717, 1.165) is 30.0 Å². The Labute approximate surface area is 132 Å². The normalized spacial score (nSPS) is 16.9. The first-order valence-corrected chi connectivity index (χ1v) is 9.28. The fourth-order valence-electron chi connectivity index (χ4n) is 2.68. The molecule has 0 saturated carbocycles. The molecule has 1 amide bonds. The molecule has 1 aliphatic heterocycles. The molecular formula is C13H16N4O3S2. The Morgan fingerprint density at radius 3 is 2.73 bits per heavy atom. The van der Waals surface area contributed by atoms with E-state index < -0.39 is 10.0 Å². The number of thiophene rings is 1. The molecule has 7 nitrogen and oxygen atoms in total. The first-order valence-electron chi connectivity index (χ1n) is 6.85. The monoisotopic (exact) mass is 340 g/mol. The molecular weight excluding hydrogens is 324 g/mol. The van der Waals surface area contributed by atoms with Crippen molar-refractivity contribution >= 4 is 27.3 Å². The minimum absolute atomic E-state index is 0.0874. The zero-order valence-electron chi connectivity index (χ0n) is 11.7. The van der Waals surface area contributed by atoms with Gasteiger partial charge >= 0.3 is 0 Å². The summed E-state index contributed by atoms with van der Waals surface area (Å²) in [5.74, 6) is 0.977. The maximum Gasteiger partial charge on any atom is 0.265 e. The molecule has 22 heavy (non-hydrogen) atoms. The quantitative estimate of drug-likeness (QED) is 0.873. The van der Waals surface area contributed by atoms with Gasteiger partial charge in [-0.2, -0.15) is 0 Å². The number of likely N-dealkylation sites (tertiary alicyclic amines) is 1. The molecule has 3 heterocycles. The molecule has 0 aliphatic carbocycles. The third kappa shape index (κ3) is 2.92. The van der Waals surface area contributed by atoms with Gasteiger partial charge in [0.25, 0.3) is 5.91 Å². The molecule has 0 radical (unpaired) electrons. The fraction of sp³-hybridized carbons (Fsp3) is 0.385. The van der Waals surface area contributed by atoms with E-state index in [1.165, 1.54) is 6.07 Å². The third-order valence-electron chi connectivity index (χ3n) is 3.82. The van der Waals surface area contributed by atoms with E-state index in [4.69, 9.17) is 5.14 Å². The van der Waals surface area contributed by atoms with Crippen LogP contribution in [0, 0.1) is 0 Å². The number of piperidine rings is 1. The first kappa shape index (κ1) is 15.2. The number of aromatic amines is 1. The summed E-state index contributed by atoms with van der Waals surface area (Å²) in [5.41, 5.74) is 0. The Hall–Kier alpha value is -1.71. The fourth-order valence-corrected chi connectivity index (χ4v) is 4.61. The minimum Gasteiger partial charge on any atom is -0.348 e. The third-order valence-corrected chi connectivity index (χ3v) is 5.80. The van der Waals surface area contributed by atoms with Crippen LogP contribution in [-0.2, 0) is 10.0 Å². The summed E-state index contributed by atoms with van der Waals surface area (Å²) in [6.45, 7) is 1.15. The average Bonchev–Trinajstić information content (AvgIpc) is 3.17. The minimum atomic E-state index is -3.87. The highest BCUT2D eigenvalue weighted by Gasteiger charge is 2.29. The molecule has 3 N–H and O–H groups in total. The lowest BCUT2D eigenvalue weighted by Crippen LogP contribution is -2.38. The standard InChI is InChI=1S/C13H16N4O3S2/c14-22(19,20)10-3-8-21-11(10)13(18)17-6-1-9(2-7-17)12-15-4-5-16-12/h3-5,8-9H,1-2,6-7H2,(H,15,16)(H2,14,19,20). The Morgan fingerprint density at radius 1 is 1.41 bits per heavy atom. The van der Waals surface area contributed by atoms with Crippen molar-refractivity contribution in [1.29, 1.82) is 0 Å². The number of sulfonamides is 1. The Kier molecular flexibility index (Phi) is 4.02. The molecule has 0 aromatic carbocycles. The zero-order valence-corrected chi connectivity index (χ0v) is 13.4. The van der Waals surface area contributed by atoms with E-state index in [-0.39, 0.29) is 15.7 Å². The van der Waals surface area contributed by atoms with Crippen LogP contribution in [0.25, 0.3) is 0 Å². The molecule has 118 valence electrons. The first-order chi connectivity index (χ1) is 10.5. The second-order valence-corrected chi connectivity index (χ2v) is 7.65. The lowest BCUT2D eigenvalue weighted by Gasteiger charge is -2.31. The summed E-state index contributed by atoms with van der Waals surface area (Å²) in [7, 11) is -3.87. The second-order valence-electron chi connectivity index (χ2n) is 5.20. The molecule has 1 fully saturated rings. The second kappa shape index (κ2) is 5.82. The van der Waals surface area contributed by atoms with Gasteiger partial charge in [0.05, 0.1) is 0 Å². The number of nitrogens with one attached hydrogen (secondary N) is 1. The summed E-state index contributed by atoms with van der Waals surface area (Å²) in [5, 5.41) is 6.72. The lowest BCUT2D eigenvalue weighted by molar-refractivity contribution is 0.0712. The summed E-state index contributed by atoms with van der Waals surface area (Å²) < 4.78 is 23.0. The number of aromatic nitrogens is 2. The van der Waals surface area contributed by atoms with Crippen LogP contribution >= 0.6 is 11.3 Å². The number of rotatable bonds is 3. The molecule has 1 saturated heterocycles. The maximum atomic E-state index is 12.5. The molecule has 0 atom stereocenters. The lowest BCUT2D eigenvalue weighted by atomic mass is 9.96. The molecule has 9 heteroatoms. The molecule has 0 bridgehead atoms. The number of nitrogens with zero attached hydrogens (tertiary/aromatic N) is 2. The van der Waals surface area contributed by atoms with E-state index >= 15 is 0 Å². The van der Waals surface area contributed by atoms with Crippen LogP contribution in [0.5, 0.6) is 0 Å². The molecule has 0 spiro atoms. The van der Waals surface area contributed by atoms with Crippen LogP contribution < -0.4 is 5.14 Å². The Bertz CT molecular complexity index is 759. The van der Waals surface area contributed by atoms with Gasteiger partial charge in [0.15, 0.2) is 0 Å². The van der Waals surface area contributed by atoms with Crippen molar-refractivity contribution < 1.29 is 13.2 Å². The number of nitrogens with two attached hydrogens (primary N) is 1. The van der Waals surface area contributed by atoms with E-state index in [1.807, 2.05) is 0 Å². The SMILES string of the molecule is NS(=O)(=O)c1ccsc1C(=O)N1CCC(c2ncc[nH]2)CC1. The predicted octanol–water partition coefficient (Wildman–Crippen LogP) is 1.14. The van der Waals surface area contributed by atoms with Gasteiger partial charge in [0, 0.05) is 31.4 Å². The number of hydrogen-bond acceptors (Lipinski definition) is 5. The van der Waals surface area contributed by atoms with Crippen LogP contribution in [-0.4, -0.2) is 42.3 Å². The van der Waals surface area contributed by atoms with Crippen molar-refractivity contribution in [3.63, 3.8) is 0 Å². The van der Waals surface area contributed by atoms with Crippen LogP contribution in [0.15, 0.2) is 28.7 Å². The maximum absolute atomic E-state index is 12.5. The van der Waals surface area contributed by atoms with Gasteiger partial charge in [-0.05, 0) is 24.3 Å². The van der Waals surface area contributed by atoms with Crippen molar-refractivity contribution in [1.82, 2.24) is 14.9 Å². The molecule has 2 aromatic rings. The van der Waals surface area contributed by atoms with Crippen LogP contribution in [0.2, 0.25) is 0 Å². The van der Waals surface area contributed by atoms with Crippen molar-refractivity contribution in [3.8, 4) is 0 Å². The highest BCUT2D eigenvalue weighted by atomic mass is 32.2. The summed E-state index contributed by atoms with van der Waals surface area (Å²) in [4.78, 5) is 21.7. The average molecular weight is 340 g/mol. The number of amides is 1. The van der Waals surface area contributed by atoms with Gasteiger partial charge in [0.1, 0.15) is 15.6 Å². The van der Waals surface area contributed by atoms with E-state index in [9.17, 15) is 13.2 Å². The molecule has 3 rings (SSSR count). The van der Waals surface area contributed by atoms with Gasteiger partial charge in [0.2, 0.25) is 10.0 Å². The van der Waals surface area contributed by atoms with Crippen molar-refractivity contribution in [2.45, 2.75) is 23.7 Å². The van der Waals surface area contributed by atoms with Crippen LogP contribution in [0.1, 0.15) is 34.3 Å². The molecule has 1 aliphatic rings. The largest absolute Gasteiger partial charge is 0.348 e. The highest BCUT2D eigenvalue weighted by Crippen LogP contribution is 2.28. The van der Waals surface area contributed by atoms with Gasteiger partial charge in [-0.1, -0.05) is 0 Å². The summed E-state index contributed by atoms with van der Waals surface area (Å²) in [6.07, 6.45) is 5.11. The van der Waals surface area contributed by atoms with Gasteiger partial charge in [-0.15, -0.1) is 11.3 Å². The van der Waals surface area contributed by atoms with Crippen LogP contribution in [0.4, 0.5) is 0 Å². The van der Waals surface area contributed by atoms with Crippen molar-refractivity contribution in [2.75, 3.05) is 13.1 Å². The van der Waals surface area contributed by atoms with E-state index in [2.05, 4.69) is 9.97 Å². The Balaban J connectivity index is 1.72. The van der Waals surface area contributed by atoms with E-state index in [0.29, 0.717) is 19.0 Å². The predicted molar refractivity (Wildman–Crippen MR) is 82.2 cm³/mol. The van der Waals surface area contributed by atoms with Gasteiger partial charge in [-0.25, -0.2) is 18.5 Å². The molecule has 2 aromatic heterocycles. The molecule has 0 unspecified atom stereocenters. The van der Waals surface area contributed by atoms with Crippen molar-refractivity contribution in [2.24, 2.45) is 5.14 Å². The highest BCUT2D eigenvalue weighted by molar-refractivity contribution is 7.89. The van der Waals surface area contributed by atoms with Gasteiger partial charge in [-0.3, -0.25) is 4.79 Å². The van der Waals surface area contributed by atoms with Crippen LogP contribution in [0.3, 0.4) is 0 Å². The van der Waals surface area contributed by atoms with E-state index in [1.54, 1.807) is 22.7 Å². The number of hydrogen-bond donors (Lipinski definition) is 2. The Morgan fingerprint density at radius 2 is 2.14 bits per heavy atom. The number of imidazole rings is 1. The number of primary sulfonamides is 1. The topological polar surface area (TPSA) is 109 Å². The number of carbonyl (C=O) groups is 1. The summed E-state index contributed by atoms with van der Waals surface area (Å²) in [6, 6.07) is 1.38. The smallest absolute Gasteiger partial charge is 0.265 e. The van der Waals surface area contributed by atoms with Gasteiger partial charge < -0.3 is 9.88 Å². The van der Waals surface area contributed by atoms with Crippen molar-refractivity contribution in [3.05, 3.63) is 34.5 Å². The number of H-pyrrole nitrogens is 1. The zero-order chi connectivity index (χ0) is 15.7. The summed E-state index contributed by atoms with van der Waals surface area (Å²) >= 11 is 1.11. The number of carbonyl (C=O) groups excluding carboxylic acids is 1.